The van der Waals surface area contributed by atoms with Crippen LogP contribution < -0.4 is 5.73 Å². The fourth-order valence-electron chi connectivity index (χ4n) is 1.02. The van der Waals surface area contributed by atoms with Crippen molar-refractivity contribution in [2.75, 3.05) is 0 Å². The molecule has 0 bridgehead atoms. The zero-order valence-electron chi connectivity index (χ0n) is 6.77. The van der Waals surface area contributed by atoms with Crippen LogP contribution in [0.25, 0.3) is 0 Å². The predicted octanol–water partition coefficient (Wildman–Crippen LogP) is -0.300. The van der Waals surface area contributed by atoms with Crippen molar-refractivity contribution < 1.29 is 10.0 Å². The summed E-state index contributed by atoms with van der Waals surface area (Å²) in [5.41, 5.74) is 7.35. The van der Waals surface area contributed by atoms with Gasteiger partial charge in [-0.15, -0.1) is 0 Å². The summed E-state index contributed by atoms with van der Waals surface area (Å²) in [6.07, 6.45) is 0.269. The molecule has 4 N–H and O–H groups in total. The molecular formula is C8H12BNO2. The van der Waals surface area contributed by atoms with Crippen molar-refractivity contribution in [2.45, 2.75) is 12.9 Å². The van der Waals surface area contributed by atoms with E-state index in [0.29, 0.717) is 6.54 Å². The average molecular weight is 165 g/mol. The maximum Gasteiger partial charge on any atom is 0.456 e. The van der Waals surface area contributed by atoms with Crippen molar-refractivity contribution in [3.05, 3.63) is 35.4 Å². The number of hydrogen-bond donors (Lipinski definition) is 3. The first kappa shape index (κ1) is 9.25. The van der Waals surface area contributed by atoms with Gasteiger partial charge in [-0.05, 0) is 5.56 Å². The number of benzene rings is 1. The molecule has 0 spiro atoms. The van der Waals surface area contributed by atoms with E-state index in [0.717, 1.165) is 11.1 Å². The van der Waals surface area contributed by atoms with Gasteiger partial charge >= 0.3 is 7.12 Å². The number of rotatable bonds is 3. The monoisotopic (exact) mass is 165 g/mol. The average Bonchev–Trinajstić information content (AvgIpc) is 2.05. The van der Waals surface area contributed by atoms with Gasteiger partial charge in [0.15, 0.2) is 0 Å². The minimum absolute atomic E-state index is 0.269. The fraction of sp³-hybridized carbons (Fsp3) is 0.250. The lowest BCUT2D eigenvalue weighted by atomic mass is 9.82. The Kier molecular flexibility index (Phi) is 3.28. The lowest BCUT2D eigenvalue weighted by Crippen LogP contribution is -2.15. The quantitative estimate of drug-likeness (QED) is 0.538. The van der Waals surface area contributed by atoms with E-state index in [1.54, 1.807) is 0 Å². The molecule has 1 aromatic rings. The summed E-state index contributed by atoms with van der Waals surface area (Å²) in [6.45, 7) is 0.516. The third-order valence-electron chi connectivity index (χ3n) is 1.68. The first-order chi connectivity index (χ1) is 5.72. The molecule has 0 saturated heterocycles. The lowest BCUT2D eigenvalue weighted by Gasteiger charge is -2.00. The molecule has 0 saturated carbocycles. The van der Waals surface area contributed by atoms with E-state index in [4.69, 9.17) is 15.8 Å². The van der Waals surface area contributed by atoms with Gasteiger partial charge in [-0.1, -0.05) is 29.8 Å². The zero-order valence-corrected chi connectivity index (χ0v) is 6.77. The highest BCUT2D eigenvalue weighted by Crippen LogP contribution is 2.04. The first-order valence-corrected chi connectivity index (χ1v) is 3.86. The maximum atomic E-state index is 8.66. The smallest absolute Gasteiger partial charge is 0.427 e. The second-order valence-electron chi connectivity index (χ2n) is 2.71. The summed E-state index contributed by atoms with van der Waals surface area (Å²) in [5.74, 6) is 0. The second-order valence-corrected chi connectivity index (χ2v) is 2.71. The molecule has 1 rings (SSSR count). The third-order valence-corrected chi connectivity index (χ3v) is 1.68. The highest BCUT2D eigenvalue weighted by Gasteiger charge is 2.06. The molecule has 4 heteroatoms. The summed E-state index contributed by atoms with van der Waals surface area (Å²) in [6, 6.07) is 7.47. The van der Waals surface area contributed by atoms with Crippen LogP contribution in [0.15, 0.2) is 24.3 Å². The molecule has 0 radical (unpaired) electrons. The molecule has 0 aliphatic heterocycles. The predicted molar refractivity (Wildman–Crippen MR) is 48.2 cm³/mol. The van der Waals surface area contributed by atoms with Gasteiger partial charge in [0.1, 0.15) is 0 Å². The van der Waals surface area contributed by atoms with Gasteiger partial charge in [0.25, 0.3) is 0 Å². The van der Waals surface area contributed by atoms with Crippen LogP contribution in [0.2, 0.25) is 0 Å². The van der Waals surface area contributed by atoms with Crippen molar-refractivity contribution in [1.29, 1.82) is 0 Å². The van der Waals surface area contributed by atoms with Crippen molar-refractivity contribution in [3.63, 3.8) is 0 Å². The van der Waals surface area contributed by atoms with Gasteiger partial charge < -0.3 is 15.8 Å². The van der Waals surface area contributed by atoms with E-state index in [9.17, 15) is 0 Å². The normalized spacial score (nSPS) is 9.92. The van der Waals surface area contributed by atoms with E-state index in [-0.39, 0.29) is 6.32 Å². The second kappa shape index (κ2) is 4.26. The zero-order chi connectivity index (χ0) is 8.97. The van der Waals surface area contributed by atoms with Crippen LogP contribution in [0.4, 0.5) is 0 Å². The molecule has 0 aromatic heterocycles. The van der Waals surface area contributed by atoms with E-state index < -0.39 is 7.12 Å². The molecular weight excluding hydrogens is 153 g/mol. The Hall–Kier alpha value is -0.835. The minimum Gasteiger partial charge on any atom is -0.427 e. The Morgan fingerprint density at radius 1 is 1.08 bits per heavy atom. The molecule has 0 unspecified atom stereocenters. The molecule has 0 heterocycles. The van der Waals surface area contributed by atoms with Crippen molar-refractivity contribution in [1.82, 2.24) is 0 Å². The Labute approximate surface area is 72.0 Å². The van der Waals surface area contributed by atoms with Crippen LogP contribution in [0.3, 0.4) is 0 Å². The Morgan fingerprint density at radius 3 is 2.00 bits per heavy atom. The summed E-state index contributed by atoms with van der Waals surface area (Å²) in [5, 5.41) is 17.3. The van der Waals surface area contributed by atoms with Crippen molar-refractivity contribution in [2.24, 2.45) is 5.73 Å². The van der Waals surface area contributed by atoms with Crippen molar-refractivity contribution >= 4 is 7.12 Å². The topological polar surface area (TPSA) is 66.5 Å². The van der Waals surface area contributed by atoms with Crippen LogP contribution in [-0.4, -0.2) is 17.2 Å². The van der Waals surface area contributed by atoms with Gasteiger partial charge in [-0.25, -0.2) is 0 Å². The summed E-state index contributed by atoms with van der Waals surface area (Å²) in [7, 11) is -1.27. The molecule has 3 nitrogen and oxygen atoms in total. The van der Waals surface area contributed by atoms with E-state index in [2.05, 4.69) is 0 Å². The molecule has 0 aliphatic rings. The van der Waals surface area contributed by atoms with Crippen LogP contribution in [0.5, 0.6) is 0 Å². The SMILES string of the molecule is NCc1ccc(CB(O)O)cc1. The minimum atomic E-state index is -1.27. The number of hydrogen-bond acceptors (Lipinski definition) is 3. The summed E-state index contributed by atoms with van der Waals surface area (Å²) < 4.78 is 0. The van der Waals surface area contributed by atoms with Crippen molar-refractivity contribution in [3.8, 4) is 0 Å². The Morgan fingerprint density at radius 2 is 1.58 bits per heavy atom. The van der Waals surface area contributed by atoms with Crippen LogP contribution >= 0.6 is 0 Å². The molecule has 0 amide bonds. The van der Waals surface area contributed by atoms with Gasteiger partial charge in [-0.3, -0.25) is 0 Å². The van der Waals surface area contributed by atoms with Gasteiger partial charge in [0, 0.05) is 12.9 Å². The Bertz CT molecular complexity index is 235. The summed E-state index contributed by atoms with van der Waals surface area (Å²) in [4.78, 5) is 0. The van der Waals surface area contributed by atoms with Crippen LogP contribution in [-0.2, 0) is 12.9 Å². The molecule has 64 valence electrons. The van der Waals surface area contributed by atoms with Crippen LogP contribution in [0.1, 0.15) is 11.1 Å². The highest BCUT2D eigenvalue weighted by molar-refractivity contribution is 6.40. The van der Waals surface area contributed by atoms with E-state index in [1.165, 1.54) is 0 Å². The molecule has 1 aromatic carbocycles. The standard InChI is InChI=1S/C8H12BNO2/c10-6-8-3-1-7(2-4-8)5-9(11)12/h1-4,11-12H,5-6,10H2. The lowest BCUT2D eigenvalue weighted by molar-refractivity contribution is 0.405. The fourth-order valence-corrected chi connectivity index (χ4v) is 1.02. The van der Waals surface area contributed by atoms with Gasteiger partial charge in [-0.2, -0.15) is 0 Å². The molecule has 0 fully saturated rings. The largest absolute Gasteiger partial charge is 0.456 e. The molecule has 12 heavy (non-hydrogen) atoms. The van der Waals surface area contributed by atoms with Gasteiger partial charge in [0.2, 0.25) is 0 Å². The third kappa shape index (κ3) is 2.66. The molecule has 0 atom stereocenters. The van der Waals surface area contributed by atoms with E-state index in [1.807, 2.05) is 24.3 Å². The number of nitrogens with two attached hydrogens (primary N) is 1. The summed E-state index contributed by atoms with van der Waals surface area (Å²) >= 11 is 0. The molecule has 0 aliphatic carbocycles. The Balaban J connectivity index is 2.65. The van der Waals surface area contributed by atoms with E-state index >= 15 is 0 Å². The van der Waals surface area contributed by atoms with Gasteiger partial charge in [0.05, 0.1) is 0 Å². The first-order valence-electron chi connectivity index (χ1n) is 3.86. The van der Waals surface area contributed by atoms with Crippen LogP contribution in [0, 0.1) is 0 Å². The maximum absolute atomic E-state index is 8.66. The highest BCUT2D eigenvalue weighted by atomic mass is 16.4.